The third kappa shape index (κ3) is 4.51. The zero-order chi connectivity index (χ0) is 24.5. The molecule has 4 aromatic rings. The summed E-state index contributed by atoms with van der Waals surface area (Å²) in [5.41, 5.74) is 6.39. The number of rotatable bonds is 5. The Kier molecular flexibility index (Phi) is 5.89. The number of nitrogen functional groups attached to an aromatic ring is 1. The predicted octanol–water partition coefficient (Wildman–Crippen LogP) is 4.80. The Morgan fingerprint density at radius 1 is 1.03 bits per heavy atom. The van der Waals surface area contributed by atoms with Gasteiger partial charge in [-0.05, 0) is 48.9 Å². The Balaban J connectivity index is 1.74. The van der Waals surface area contributed by atoms with Gasteiger partial charge >= 0.3 is 6.18 Å². The fourth-order valence-electron chi connectivity index (χ4n) is 3.52. The summed E-state index contributed by atoms with van der Waals surface area (Å²) in [6, 6.07) is 16.2. The quantitative estimate of drug-likeness (QED) is 0.291. The summed E-state index contributed by atoms with van der Waals surface area (Å²) in [5, 5.41) is 14.6. The lowest BCUT2D eigenvalue weighted by atomic mass is 10.00. The van der Waals surface area contributed by atoms with Crippen molar-refractivity contribution >= 4 is 17.6 Å². The van der Waals surface area contributed by atoms with E-state index in [4.69, 9.17) is 11.1 Å². The standard InChI is InChI=1S/C24H19F3N6O/c1-14-12-20(33(32-14)16-7-4-6-15(13-16)21(28)29)23(34)31-22-18(9-5-11-30-22)17-8-2-3-10-19(17)24(25,26)27/h2-13H,1H3,(H3,28,29)(H,30,31,34). The SMILES string of the molecule is Cc1cc(C(=O)Nc2ncccc2-c2ccccc2C(F)(F)F)n(-c2cccc(C(=N)N)c2)n1. The Morgan fingerprint density at radius 3 is 2.50 bits per heavy atom. The summed E-state index contributed by atoms with van der Waals surface area (Å²) in [6.07, 6.45) is -3.20. The van der Waals surface area contributed by atoms with Crippen LogP contribution in [0.2, 0.25) is 0 Å². The Hall–Kier alpha value is -4.47. The van der Waals surface area contributed by atoms with Crippen LogP contribution >= 0.6 is 0 Å². The summed E-state index contributed by atoms with van der Waals surface area (Å²) in [7, 11) is 0. The van der Waals surface area contributed by atoms with Gasteiger partial charge in [0.15, 0.2) is 0 Å². The van der Waals surface area contributed by atoms with Crippen LogP contribution in [0.3, 0.4) is 0 Å². The molecular weight excluding hydrogens is 445 g/mol. The number of amidine groups is 1. The number of nitrogens with two attached hydrogens (primary N) is 1. The number of hydrogen-bond acceptors (Lipinski definition) is 4. The Morgan fingerprint density at radius 2 is 1.76 bits per heavy atom. The summed E-state index contributed by atoms with van der Waals surface area (Å²) in [6.45, 7) is 1.70. The van der Waals surface area contributed by atoms with Gasteiger partial charge in [0.1, 0.15) is 17.3 Å². The van der Waals surface area contributed by atoms with Crippen molar-refractivity contribution in [3.63, 3.8) is 0 Å². The highest BCUT2D eigenvalue weighted by molar-refractivity contribution is 6.05. The van der Waals surface area contributed by atoms with Gasteiger partial charge in [-0.15, -0.1) is 0 Å². The minimum Gasteiger partial charge on any atom is -0.384 e. The monoisotopic (exact) mass is 464 g/mol. The van der Waals surface area contributed by atoms with Crippen molar-refractivity contribution in [1.29, 1.82) is 5.41 Å². The lowest BCUT2D eigenvalue weighted by Crippen LogP contribution is -2.19. The molecule has 0 aliphatic heterocycles. The summed E-state index contributed by atoms with van der Waals surface area (Å²) in [5.74, 6) is -0.774. The molecule has 4 rings (SSSR count). The van der Waals surface area contributed by atoms with Crippen LogP contribution in [0.5, 0.6) is 0 Å². The highest BCUT2D eigenvalue weighted by Crippen LogP contribution is 2.38. The van der Waals surface area contributed by atoms with Gasteiger partial charge in [0, 0.05) is 17.3 Å². The lowest BCUT2D eigenvalue weighted by Gasteiger charge is -2.16. The summed E-state index contributed by atoms with van der Waals surface area (Å²) >= 11 is 0. The molecule has 0 aliphatic rings. The second-order valence-corrected chi connectivity index (χ2v) is 7.44. The number of benzene rings is 2. The number of hydrogen-bond donors (Lipinski definition) is 3. The second-order valence-electron chi connectivity index (χ2n) is 7.44. The highest BCUT2D eigenvalue weighted by Gasteiger charge is 2.34. The molecule has 0 aliphatic carbocycles. The molecule has 0 radical (unpaired) electrons. The number of halogens is 3. The zero-order valence-electron chi connectivity index (χ0n) is 17.9. The summed E-state index contributed by atoms with van der Waals surface area (Å²) in [4.78, 5) is 17.3. The van der Waals surface area contributed by atoms with Gasteiger partial charge in [0.05, 0.1) is 16.9 Å². The number of pyridine rings is 1. The molecule has 34 heavy (non-hydrogen) atoms. The minimum atomic E-state index is -4.58. The maximum atomic E-state index is 13.6. The topological polar surface area (TPSA) is 110 Å². The smallest absolute Gasteiger partial charge is 0.384 e. The van der Waals surface area contributed by atoms with E-state index in [1.165, 1.54) is 41.2 Å². The first-order chi connectivity index (χ1) is 16.1. The molecule has 2 aromatic heterocycles. The van der Waals surface area contributed by atoms with E-state index in [2.05, 4.69) is 15.4 Å². The van der Waals surface area contributed by atoms with Crippen LogP contribution < -0.4 is 11.1 Å². The van der Waals surface area contributed by atoms with Gasteiger partial charge < -0.3 is 11.1 Å². The van der Waals surface area contributed by atoms with Crippen LogP contribution in [-0.4, -0.2) is 26.5 Å². The van der Waals surface area contributed by atoms with Crippen LogP contribution in [0.4, 0.5) is 19.0 Å². The molecule has 7 nitrogen and oxygen atoms in total. The highest BCUT2D eigenvalue weighted by atomic mass is 19.4. The summed E-state index contributed by atoms with van der Waals surface area (Å²) < 4.78 is 42.1. The molecule has 0 saturated carbocycles. The third-order valence-electron chi connectivity index (χ3n) is 5.03. The van der Waals surface area contributed by atoms with Crippen LogP contribution in [-0.2, 0) is 6.18 Å². The average Bonchev–Trinajstić information content (AvgIpc) is 3.21. The normalized spacial score (nSPS) is 11.3. The molecule has 2 heterocycles. The number of alkyl halides is 3. The largest absolute Gasteiger partial charge is 0.417 e. The Labute approximate surface area is 192 Å². The van der Waals surface area contributed by atoms with E-state index in [9.17, 15) is 18.0 Å². The van der Waals surface area contributed by atoms with E-state index < -0.39 is 17.6 Å². The molecule has 1 amide bonds. The molecule has 10 heteroatoms. The van der Waals surface area contributed by atoms with Gasteiger partial charge in [-0.25, -0.2) is 9.67 Å². The van der Waals surface area contributed by atoms with Crippen molar-refractivity contribution in [3.8, 4) is 16.8 Å². The van der Waals surface area contributed by atoms with Crippen LogP contribution in [0.1, 0.15) is 27.3 Å². The molecule has 2 aromatic carbocycles. The van der Waals surface area contributed by atoms with E-state index in [0.717, 1.165) is 6.07 Å². The fraction of sp³-hybridized carbons (Fsp3) is 0.0833. The molecule has 4 N–H and O–H groups in total. The number of aromatic nitrogens is 3. The van der Waals surface area contributed by atoms with Crippen LogP contribution in [0.15, 0.2) is 72.9 Å². The molecule has 0 unspecified atom stereocenters. The van der Waals surface area contributed by atoms with E-state index in [1.54, 1.807) is 37.3 Å². The molecular formula is C24H19F3N6O. The lowest BCUT2D eigenvalue weighted by molar-refractivity contribution is -0.137. The van der Waals surface area contributed by atoms with Gasteiger partial charge in [-0.1, -0.05) is 30.3 Å². The van der Waals surface area contributed by atoms with Crippen LogP contribution in [0.25, 0.3) is 16.8 Å². The minimum absolute atomic E-state index is 0.0212. The maximum absolute atomic E-state index is 13.6. The van der Waals surface area contributed by atoms with Gasteiger partial charge in [0.25, 0.3) is 5.91 Å². The zero-order valence-corrected chi connectivity index (χ0v) is 17.9. The number of nitrogens with one attached hydrogen (secondary N) is 2. The third-order valence-corrected chi connectivity index (χ3v) is 5.03. The van der Waals surface area contributed by atoms with Crippen molar-refractivity contribution in [1.82, 2.24) is 14.8 Å². The first-order valence-electron chi connectivity index (χ1n) is 10.1. The van der Waals surface area contributed by atoms with E-state index in [-0.39, 0.29) is 28.5 Å². The first-order valence-corrected chi connectivity index (χ1v) is 10.1. The number of carbonyl (C=O) groups is 1. The first kappa shape index (κ1) is 22.7. The number of nitrogens with zero attached hydrogens (tertiary/aromatic N) is 3. The van der Waals surface area contributed by atoms with Gasteiger partial charge in [-0.2, -0.15) is 18.3 Å². The molecule has 0 bridgehead atoms. The van der Waals surface area contributed by atoms with Crippen molar-refractivity contribution in [2.75, 3.05) is 5.32 Å². The molecule has 0 saturated heterocycles. The fourth-order valence-corrected chi connectivity index (χ4v) is 3.52. The van der Waals surface area contributed by atoms with Gasteiger partial charge in [0.2, 0.25) is 0 Å². The molecule has 0 spiro atoms. The van der Waals surface area contributed by atoms with Crippen molar-refractivity contribution < 1.29 is 18.0 Å². The number of anilines is 1. The predicted molar refractivity (Wildman–Crippen MR) is 122 cm³/mol. The van der Waals surface area contributed by atoms with E-state index in [1.807, 2.05) is 0 Å². The van der Waals surface area contributed by atoms with Crippen LogP contribution in [0, 0.1) is 12.3 Å². The van der Waals surface area contributed by atoms with E-state index >= 15 is 0 Å². The molecule has 0 fully saturated rings. The van der Waals surface area contributed by atoms with Crippen molar-refractivity contribution in [2.45, 2.75) is 13.1 Å². The van der Waals surface area contributed by atoms with Gasteiger partial charge in [-0.3, -0.25) is 10.2 Å². The number of amides is 1. The number of aryl methyl sites for hydroxylation is 1. The second kappa shape index (κ2) is 8.81. The maximum Gasteiger partial charge on any atom is 0.417 e. The average molecular weight is 464 g/mol. The van der Waals surface area contributed by atoms with Crippen molar-refractivity contribution in [3.05, 3.63) is 95.4 Å². The van der Waals surface area contributed by atoms with E-state index in [0.29, 0.717) is 16.9 Å². The number of carbonyl (C=O) groups excluding carboxylic acids is 1. The van der Waals surface area contributed by atoms with Crippen molar-refractivity contribution in [2.24, 2.45) is 5.73 Å². The Bertz CT molecular complexity index is 1390. The molecule has 172 valence electrons. The molecule has 0 atom stereocenters.